The van der Waals surface area contributed by atoms with Crippen LogP contribution in [0, 0.1) is 0 Å². The third-order valence-corrected chi connectivity index (χ3v) is 13.0. The largest absolute Gasteiger partial charge is 0.352 e. The predicted octanol–water partition coefficient (Wildman–Crippen LogP) is -3.00. The van der Waals surface area contributed by atoms with Crippen LogP contribution in [-0.2, 0) is 0 Å². The molecule has 6 heteroatoms. The number of hydrogen-bond acceptors (Lipinski definition) is 1. The molecule has 0 atom stereocenters. The van der Waals surface area contributed by atoms with Crippen LogP contribution in [0.1, 0.15) is 6.42 Å². The van der Waals surface area contributed by atoms with Gasteiger partial charge in [-0.3, -0.25) is 0 Å². The normalized spacial score (nSPS) is 12.0. The molecule has 0 bridgehead atoms. The van der Waals surface area contributed by atoms with Gasteiger partial charge in [0, 0.05) is 15.6 Å². The van der Waals surface area contributed by atoms with Crippen LogP contribution >= 0.6 is 0 Å². The number of primary amides is 1. The SMILES string of the molecule is NC(=O)NCCC[SiH2][SiH2][SiH3]. The van der Waals surface area contributed by atoms with Gasteiger partial charge in [0.2, 0.25) is 0 Å². The van der Waals surface area contributed by atoms with Crippen LogP contribution in [0.25, 0.3) is 0 Å². The molecule has 0 aliphatic heterocycles. The van der Waals surface area contributed by atoms with Crippen molar-refractivity contribution in [2.75, 3.05) is 6.54 Å². The number of hydrogen-bond donors (Lipinski definition) is 2. The van der Waals surface area contributed by atoms with E-state index in [0.717, 1.165) is 13.0 Å². The first-order valence-corrected chi connectivity index (χ1v) is 14.5. The van der Waals surface area contributed by atoms with Gasteiger partial charge in [0.15, 0.2) is 0 Å². The van der Waals surface area contributed by atoms with E-state index >= 15 is 0 Å². The van der Waals surface area contributed by atoms with Crippen molar-refractivity contribution in [3.8, 4) is 0 Å². The Morgan fingerprint density at radius 2 is 2.40 bits per heavy atom. The zero-order valence-electron chi connectivity index (χ0n) is 6.52. The molecule has 3 N–H and O–H groups in total. The fraction of sp³-hybridized carbons (Fsp3) is 0.750. The highest BCUT2D eigenvalue weighted by molar-refractivity contribution is 7.23. The molecule has 0 radical (unpaired) electrons. The maximum Gasteiger partial charge on any atom is 0.312 e. The first-order chi connectivity index (χ1) is 4.77. The summed E-state index contributed by atoms with van der Waals surface area (Å²) < 4.78 is 0. The minimum atomic E-state index is -0.384. The zero-order valence-corrected chi connectivity index (χ0v) is 11.3. The lowest BCUT2D eigenvalue weighted by Gasteiger charge is -1.98. The first kappa shape index (κ1) is 9.92. The van der Waals surface area contributed by atoms with Crippen molar-refractivity contribution < 1.29 is 4.79 Å². The fourth-order valence-corrected chi connectivity index (χ4v) is 8.93. The highest BCUT2D eigenvalue weighted by Crippen LogP contribution is 1.83. The number of carbonyl (C=O) groups is 1. The molecule has 0 aliphatic carbocycles. The van der Waals surface area contributed by atoms with Gasteiger partial charge in [-0.05, 0) is 24.7 Å². The molecule has 0 unspecified atom stereocenters. The lowest BCUT2D eigenvalue weighted by atomic mass is 10.5. The summed E-state index contributed by atoms with van der Waals surface area (Å²) in [7, 11) is 2.38. The van der Waals surface area contributed by atoms with Crippen LogP contribution in [0.15, 0.2) is 0 Å². The highest BCUT2D eigenvalue weighted by atomic mass is 29.5. The molecule has 0 aromatic carbocycles. The molecule has 0 rings (SSSR count). The number of nitrogens with two attached hydrogens (primary N) is 1. The lowest BCUT2D eigenvalue weighted by Crippen LogP contribution is -2.30. The average Bonchev–Trinajstić information content (AvgIpc) is 1.87. The van der Waals surface area contributed by atoms with Crippen molar-refractivity contribution in [3.63, 3.8) is 0 Å². The van der Waals surface area contributed by atoms with Gasteiger partial charge >= 0.3 is 6.03 Å². The smallest absolute Gasteiger partial charge is 0.312 e. The van der Waals surface area contributed by atoms with E-state index in [9.17, 15) is 4.79 Å². The second-order valence-electron chi connectivity index (χ2n) is 2.35. The minimum Gasteiger partial charge on any atom is -0.352 e. The second-order valence-corrected chi connectivity index (χ2v) is 18.9. The predicted molar refractivity (Wildman–Crippen MR) is 54.0 cm³/mol. The molecular weight excluding hydrogens is 176 g/mol. The number of rotatable bonds is 5. The van der Waals surface area contributed by atoms with Crippen molar-refractivity contribution >= 4 is 33.4 Å². The van der Waals surface area contributed by atoms with E-state index in [1.54, 1.807) is 0 Å². The molecule has 0 fully saturated rings. The monoisotopic (exact) mass is 192 g/mol. The average molecular weight is 192 g/mol. The van der Waals surface area contributed by atoms with E-state index in [0.29, 0.717) is 17.6 Å². The Bertz CT molecular complexity index is 101. The van der Waals surface area contributed by atoms with Crippen LogP contribution in [-0.4, -0.2) is 39.9 Å². The summed E-state index contributed by atoms with van der Waals surface area (Å²) in [5.41, 5.74) is 4.88. The van der Waals surface area contributed by atoms with Crippen molar-refractivity contribution in [2.45, 2.75) is 12.5 Å². The van der Waals surface area contributed by atoms with Gasteiger partial charge < -0.3 is 11.1 Å². The van der Waals surface area contributed by atoms with Gasteiger partial charge in [0.05, 0.1) is 0 Å². The van der Waals surface area contributed by atoms with E-state index < -0.39 is 0 Å². The van der Waals surface area contributed by atoms with Crippen molar-refractivity contribution in [2.24, 2.45) is 5.73 Å². The summed E-state index contributed by atoms with van der Waals surface area (Å²) in [6.07, 6.45) is 1.16. The lowest BCUT2D eigenvalue weighted by molar-refractivity contribution is 0.249. The Hall–Kier alpha value is -0.0794. The van der Waals surface area contributed by atoms with E-state index in [-0.39, 0.29) is 6.03 Å². The third-order valence-electron chi connectivity index (χ3n) is 1.33. The van der Waals surface area contributed by atoms with Crippen molar-refractivity contribution in [1.29, 1.82) is 0 Å². The van der Waals surface area contributed by atoms with Gasteiger partial charge in [0.1, 0.15) is 0 Å². The third kappa shape index (κ3) is 7.92. The van der Waals surface area contributed by atoms with Crippen molar-refractivity contribution in [3.05, 3.63) is 0 Å². The Balaban J connectivity index is 2.84. The molecule has 0 saturated carbocycles. The Labute approximate surface area is 68.8 Å². The highest BCUT2D eigenvalue weighted by Gasteiger charge is 1.90. The molecule has 10 heavy (non-hydrogen) atoms. The minimum absolute atomic E-state index is 0.384. The fourth-order valence-electron chi connectivity index (χ4n) is 0.763. The number of amides is 2. The Kier molecular flexibility index (Phi) is 6.98. The standard InChI is InChI=1S/C4H16N2OSi3/c5-4(7)6-2-1-3-9-10-8/h1-3,9-10H2,8H3,(H3,5,6,7). The molecule has 0 aromatic rings. The van der Waals surface area contributed by atoms with E-state index in [1.807, 2.05) is 0 Å². The van der Waals surface area contributed by atoms with Crippen LogP contribution in [0.5, 0.6) is 0 Å². The molecule has 0 spiro atoms. The first-order valence-electron chi connectivity index (χ1n) is 3.80. The van der Waals surface area contributed by atoms with E-state index in [4.69, 9.17) is 5.73 Å². The maximum atomic E-state index is 10.2. The number of nitrogens with one attached hydrogen (secondary N) is 1. The quantitative estimate of drug-likeness (QED) is 0.354. The Morgan fingerprint density at radius 3 is 2.90 bits per heavy atom. The summed E-state index contributed by atoms with van der Waals surface area (Å²) in [6, 6.07) is 1.03. The summed E-state index contributed by atoms with van der Waals surface area (Å²) in [4.78, 5) is 10.2. The summed E-state index contributed by atoms with van der Waals surface area (Å²) >= 11 is 0. The van der Waals surface area contributed by atoms with Gasteiger partial charge in [-0.25, -0.2) is 4.79 Å². The van der Waals surface area contributed by atoms with Crippen LogP contribution in [0.2, 0.25) is 6.04 Å². The molecular formula is C4H16N2OSi3. The Morgan fingerprint density at radius 1 is 1.70 bits per heavy atom. The summed E-state index contributed by atoms with van der Waals surface area (Å²) in [6.45, 7) is 0.790. The number of carbonyl (C=O) groups excluding carboxylic acids is 1. The second kappa shape index (κ2) is 7.03. The molecule has 60 valence electrons. The van der Waals surface area contributed by atoms with Gasteiger partial charge in [-0.1, -0.05) is 6.04 Å². The van der Waals surface area contributed by atoms with Crippen LogP contribution < -0.4 is 11.1 Å². The number of urea groups is 1. The van der Waals surface area contributed by atoms with E-state index in [1.165, 1.54) is 15.8 Å². The van der Waals surface area contributed by atoms with Crippen LogP contribution in [0.3, 0.4) is 0 Å². The topological polar surface area (TPSA) is 55.1 Å². The zero-order chi connectivity index (χ0) is 7.82. The molecule has 0 heterocycles. The summed E-state index contributed by atoms with van der Waals surface area (Å²) in [5.74, 6) is 0. The summed E-state index contributed by atoms with van der Waals surface area (Å²) in [5, 5.41) is 2.59. The van der Waals surface area contributed by atoms with E-state index in [2.05, 4.69) is 5.32 Å². The molecule has 2 amide bonds. The van der Waals surface area contributed by atoms with Gasteiger partial charge in [-0.2, -0.15) is 0 Å². The van der Waals surface area contributed by atoms with Crippen LogP contribution in [0.4, 0.5) is 4.79 Å². The van der Waals surface area contributed by atoms with Gasteiger partial charge in [0.25, 0.3) is 0 Å². The van der Waals surface area contributed by atoms with Gasteiger partial charge in [-0.15, -0.1) is 0 Å². The molecule has 0 saturated heterocycles. The molecule has 0 aromatic heterocycles. The van der Waals surface area contributed by atoms with Crippen molar-refractivity contribution in [1.82, 2.24) is 5.32 Å². The maximum absolute atomic E-state index is 10.2. The molecule has 3 nitrogen and oxygen atoms in total. The molecule has 0 aliphatic rings.